The van der Waals surface area contributed by atoms with Crippen LogP contribution in [-0.4, -0.2) is 22.6 Å². The predicted octanol–water partition coefficient (Wildman–Crippen LogP) is 5.09. The molecule has 2 atom stereocenters. The molecule has 2 unspecified atom stereocenters. The van der Waals surface area contributed by atoms with E-state index in [1.807, 2.05) is 6.92 Å². The lowest BCUT2D eigenvalue weighted by atomic mass is 9.82. The molecule has 0 aliphatic heterocycles. The first kappa shape index (κ1) is 17.8. The Morgan fingerprint density at radius 3 is 2.50 bits per heavy atom. The first-order valence-electron chi connectivity index (χ1n) is 7.72. The molecule has 2 aliphatic carbocycles. The first-order chi connectivity index (χ1) is 11.1. The van der Waals surface area contributed by atoms with Crippen LogP contribution in [-0.2, 0) is 6.42 Å². The summed E-state index contributed by atoms with van der Waals surface area (Å²) in [6.45, 7) is 1.83. The van der Waals surface area contributed by atoms with Crippen molar-refractivity contribution in [1.82, 2.24) is 0 Å². The Bertz CT molecular complexity index is 628. The molecular formula is C16H17F5O2S. The Labute approximate surface area is 140 Å². The molecule has 1 aromatic rings. The van der Waals surface area contributed by atoms with Gasteiger partial charge in [-0.1, -0.05) is 6.42 Å². The van der Waals surface area contributed by atoms with Gasteiger partial charge in [0, 0.05) is 22.4 Å². The quantitative estimate of drug-likeness (QED) is 0.593. The molecule has 2 aliphatic rings. The highest BCUT2D eigenvalue weighted by molar-refractivity contribution is 8.00. The zero-order chi connectivity index (χ0) is 17.7. The fourth-order valence-corrected chi connectivity index (χ4v) is 3.91. The number of halogens is 5. The minimum atomic E-state index is -4.62. The van der Waals surface area contributed by atoms with Crippen molar-refractivity contribution in [3.05, 3.63) is 23.3 Å². The smallest absolute Gasteiger partial charge is 0.446 e. The molecule has 134 valence electrons. The Hall–Kier alpha value is -1.02. The summed E-state index contributed by atoms with van der Waals surface area (Å²) in [6, 6.07) is 2.40. The summed E-state index contributed by atoms with van der Waals surface area (Å²) in [7, 11) is 0. The van der Waals surface area contributed by atoms with E-state index >= 15 is 0 Å². The molecule has 0 heterocycles. The van der Waals surface area contributed by atoms with E-state index in [9.17, 15) is 27.1 Å². The standard InChI is InChI=1S/C16H17F5O2S/c1-8(9-3-2-4-9)23-11-5-6-12(24-16(19,20)21)13-10(11)7-15(17,18)14(13)22/h5-6,8-9,14,22H,2-4,7H2,1H3. The lowest BCUT2D eigenvalue weighted by Gasteiger charge is -2.32. The van der Waals surface area contributed by atoms with Crippen molar-refractivity contribution in [2.24, 2.45) is 5.92 Å². The van der Waals surface area contributed by atoms with Crippen LogP contribution < -0.4 is 4.74 Å². The van der Waals surface area contributed by atoms with Crippen LogP contribution in [0.2, 0.25) is 0 Å². The second-order valence-corrected chi connectivity index (χ2v) is 7.46. The third-order valence-electron chi connectivity index (χ3n) is 4.71. The fraction of sp³-hybridized carbons (Fsp3) is 0.625. The Morgan fingerprint density at radius 2 is 1.96 bits per heavy atom. The summed E-state index contributed by atoms with van der Waals surface area (Å²) < 4.78 is 71.5. The van der Waals surface area contributed by atoms with Gasteiger partial charge in [-0.05, 0) is 49.6 Å². The molecule has 24 heavy (non-hydrogen) atoms. The molecular weight excluding hydrogens is 351 g/mol. The van der Waals surface area contributed by atoms with Crippen LogP contribution in [0.15, 0.2) is 17.0 Å². The third kappa shape index (κ3) is 3.35. The van der Waals surface area contributed by atoms with E-state index in [1.54, 1.807) is 0 Å². The van der Waals surface area contributed by atoms with E-state index in [0.29, 0.717) is 5.92 Å². The monoisotopic (exact) mass is 368 g/mol. The van der Waals surface area contributed by atoms with E-state index in [-0.39, 0.29) is 23.0 Å². The molecule has 8 heteroatoms. The summed E-state index contributed by atoms with van der Waals surface area (Å²) in [5.41, 5.74) is -5.00. The van der Waals surface area contributed by atoms with Gasteiger partial charge in [0.25, 0.3) is 5.92 Å². The van der Waals surface area contributed by atoms with E-state index in [0.717, 1.165) is 25.3 Å². The largest absolute Gasteiger partial charge is 0.490 e. The molecule has 1 aromatic carbocycles. The van der Waals surface area contributed by atoms with Crippen molar-refractivity contribution >= 4 is 11.8 Å². The van der Waals surface area contributed by atoms with Gasteiger partial charge in [-0.25, -0.2) is 8.78 Å². The van der Waals surface area contributed by atoms with Gasteiger partial charge in [-0.2, -0.15) is 13.2 Å². The second kappa shape index (κ2) is 6.05. The van der Waals surface area contributed by atoms with Crippen molar-refractivity contribution in [3.63, 3.8) is 0 Å². The molecule has 1 N–H and O–H groups in total. The predicted molar refractivity (Wildman–Crippen MR) is 79.4 cm³/mol. The fourth-order valence-electron chi connectivity index (χ4n) is 3.18. The Morgan fingerprint density at radius 1 is 1.29 bits per heavy atom. The maximum absolute atomic E-state index is 13.9. The highest BCUT2D eigenvalue weighted by Gasteiger charge is 2.50. The maximum Gasteiger partial charge on any atom is 0.446 e. The van der Waals surface area contributed by atoms with Crippen LogP contribution in [0.1, 0.15) is 43.4 Å². The molecule has 0 amide bonds. The molecule has 3 rings (SSSR count). The number of rotatable bonds is 4. The van der Waals surface area contributed by atoms with Gasteiger partial charge < -0.3 is 9.84 Å². The van der Waals surface area contributed by atoms with Gasteiger partial charge in [0.2, 0.25) is 0 Å². The van der Waals surface area contributed by atoms with Crippen molar-refractivity contribution in [2.45, 2.75) is 61.1 Å². The number of aliphatic hydroxyl groups excluding tert-OH is 1. The second-order valence-electron chi connectivity index (χ2n) is 6.36. The maximum atomic E-state index is 13.9. The molecule has 0 saturated heterocycles. The van der Waals surface area contributed by atoms with Gasteiger partial charge in [0.15, 0.2) is 0 Å². The summed E-state index contributed by atoms with van der Waals surface area (Å²) in [4.78, 5) is -0.397. The summed E-state index contributed by atoms with van der Waals surface area (Å²) in [5, 5.41) is 9.83. The molecule has 1 fully saturated rings. The van der Waals surface area contributed by atoms with Crippen LogP contribution >= 0.6 is 11.8 Å². The van der Waals surface area contributed by atoms with Crippen molar-refractivity contribution in [2.75, 3.05) is 0 Å². The third-order valence-corrected chi connectivity index (χ3v) is 5.52. The van der Waals surface area contributed by atoms with Crippen LogP contribution in [0.5, 0.6) is 5.75 Å². The number of benzene rings is 1. The van der Waals surface area contributed by atoms with Gasteiger partial charge in [-0.15, -0.1) is 0 Å². The highest BCUT2D eigenvalue weighted by atomic mass is 32.2. The number of ether oxygens (including phenoxy) is 1. The average Bonchev–Trinajstić information content (AvgIpc) is 2.60. The van der Waals surface area contributed by atoms with Crippen molar-refractivity contribution in [1.29, 1.82) is 0 Å². The Balaban J connectivity index is 1.95. The summed E-state index contributed by atoms with van der Waals surface area (Å²) in [6.07, 6.45) is -0.194. The number of hydrogen-bond acceptors (Lipinski definition) is 3. The average molecular weight is 368 g/mol. The van der Waals surface area contributed by atoms with Gasteiger partial charge >= 0.3 is 5.51 Å². The van der Waals surface area contributed by atoms with Crippen molar-refractivity contribution < 1.29 is 31.8 Å². The zero-order valence-corrected chi connectivity index (χ0v) is 13.7. The first-order valence-corrected chi connectivity index (χ1v) is 8.54. The van der Waals surface area contributed by atoms with E-state index in [2.05, 4.69) is 0 Å². The zero-order valence-electron chi connectivity index (χ0n) is 12.9. The number of hydrogen-bond donors (Lipinski definition) is 1. The van der Waals surface area contributed by atoms with E-state index in [4.69, 9.17) is 4.74 Å². The van der Waals surface area contributed by atoms with Crippen LogP contribution in [0.3, 0.4) is 0 Å². The number of alkyl halides is 5. The van der Waals surface area contributed by atoms with Gasteiger partial charge in [0.1, 0.15) is 11.9 Å². The SMILES string of the molecule is CC(Oc1ccc(SC(F)(F)F)c2c1CC(F)(F)C2O)C1CCC1. The van der Waals surface area contributed by atoms with Gasteiger partial charge in [0.05, 0.1) is 6.10 Å². The molecule has 0 bridgehead atoms. The van der Waals surface area contributed by atoms with Gasteiger partial charge in [-0.3, -0.25) is 0 Å². The summed E-state index contributed by atoms with van der Waals surface area (Å²) >= 11 is -0.489. The van der Waals surface area contributed by atoms with Crippen LogP contribution in [0.4, 0.5) is 22.0 Å². The number of thioether (sulfide) groups is 1. The highest BCUT2D eigenvalue weighted by Crippen LogP contribution is 2.52. The molecule has 0 spiro atoms. The lowest BCUT2D eigenvalue weighted by molar-refractivity contribution is -0.0977. The number of aliphatic hydroxyl groups is 1. The van der Waals surface area contributed by atoms with Crippen LogP contribution in [0, 0.1) is 5.92 Å². The van der Waals surface area contributed by atoms with Crippen molar-refractivity contribution in [3.8, 4) is 5.75 Å². The molecule has 2 nitrogen and oxygen atoms in total. The summed E-state index contributed by atoms with van der Waals surface area (Å²) in [5.74, 6) is -3.02. The lowest BCUT2D eigenvalue weighted by Crippen LogP contribution is -2.29. The molecule has 0 aromatic heterocycles. The Kier molecular flexibility index (Phi) is 4.49. The number of fused-ring (bicyclic) bond motifs is 1. The molecule has 0 radical (unpaired) electrons. The molecule has 1 saturated carbocycles. The van der Waals surface area contributed by atoms with Crippen LogP contribution in [0.25, 0.3) is 0 Å². The van der Waals surface area contributed by atoms with E-state index < -0.39 is 40.6 Å². The van der Waals surface area contributed by atoms with E-state index in [1.165, 1.54) is 6.07 Å². The minimum absolute atomic E-state index is 0.0204. The topological polar surface area (TPSA) is 29.5 Å². The normalized spacial score (nSPS) is 24.4. The minimum Gasteiger partial charge on any atom is -0.490 e.